The van der Waals surface area contributed by atoms with Crippen LogP contribution in [-0.2, 0) is 6.18 Å². The van der Waals surface area contributed by atoms with Crippen LogP contribution in [0.2, 0.25) is 10.0 Å². The first-order valence-electron chi connectivity index (χ1n) is 8.84. The van der Waals surface area contributed by atoms with E-state index in [9.17, 15) is 18.3 Å². The van der Waals surface area contributed by atoms with Crippen LogP contribution in [0.1, 0.15) is 5.69 Å². The summed E-state index contributed by atoms with van der Waals surface area (Å²) in [6, 6.07) is 4.78. The van der Waals surface area contributed by atoms with Crippen LogP contribution >= 0.6 is 23.2 Å². The number of aromatic nitrogens is 5. The lowest BCUT2D eigenvalue weighted by atomic mass is 10.2. The van der Waals surface area contributed by atoms with Gasteiger partial charge in [-0.2, -0.15) is 23.3 Å². The van der Waals surface area contributed by atoms with Crippen LogP contribution in [0.5, 0.6) is 5.75 Å². The molecule has 0 amide bonds. The molecule has 0 saturated carbocycles. The monoisotopic (exact) mass is 489 g/mol. The van der Waals surface area contributed by atoms with Crippen molar-refractivity contribution in [1.29, 1.82) is 0 Å². The number of fused-ring (bicyclic) bond motifs is 1. The first-order chi connectivity index (χ1) is 15.2. The molecule has 32 heavy (non-hydrogen) atoms. The standard InChI is InChI=1S/C18H12Cl2F3N5O4/c19-10-4-13(31-7-8(30)6-29)11(20)3-9(10)16-25-17(32-27-16)12-5-28-15(24-12)2-1-14(26-28)18(21,22)23/h1-5,8,29-30H,6-7H2/t8-/m0/s1. The second kappa shape index (κ2) is 8.54. The van der Waals surface area contributed by atoms with E-state index in [1.165, 1.54) is 24.4 Å². The van der Waals surface area contributed by atoms with Gasteiger partial charge in [-0.1, -0.05) is 28.4 Å². The summed E-state index contributed by atoms with van der Waals surface area (Å²) < 4.78 is 50.0. The minimum absolute atomic E-state index is 0.0508. The highest BCUT2D eigenvalue weighted by atomic mass is 35.5. The summed E-state index contributed by atoms with van der Waals surface area (Å²) in [4.78, 5) is 8.31. The van der Waals surface area contributed by atoms with Gasteiger partial charge >= 0.3 is 6.18 Å². The molecule has 0 aliphatic heterocycles. The van der Waals surface area contributed by atoms with Crippen LogP contribution in [0.4, 0.5) is 13.2 Å². The van der Waals surface area contributed by atoms with Crippen LogP contribution in [-0.4, -0.2) is 54.3 Å². The second-order valence-corrected chi connectivity index (χ2v) is 7.29. The Morgan fingerprint density at radius 3 is 2.66 bits per heavy atom. The third-order valence-corrected chi connectivity index (χ3v) is 4.77. The smallest absolute Gasteiger partial charge is 0.435 e. The summed E-state index contributed by atoms with van der Waals surface area (Å²) in [6.07, 6.45) is -4.46. The molecule has 3 heterocycles. The second-order valence-electron chi connectivity index (χ2n) is 6.48. The molecular formula is C18H12Cl2F3N5O4. The SMILES string of the molecule is OC[C@H](O)COc1cc(Cl)c(-c2noc(-c3cn4nc(C(F)(F)F)ccc4n3)n2)cc1Cl. The number of imidazole rings is 1. The summed E-state index contributed by atoms with van der Waals surface area (Å²) in [7, 11) is 0. The van der Waals surface area contributed by atoms with Gasteiger partial charge in [0.25, 0.3) is 5.89 Å². The van der Waals surface area contributed by atoms with Crippen molar-refractivity contribution in [3.05, 3.63) is 46.2 Å². The molecule has 4 aromatic rings. The lowest BCUT2D eigenvalue weighted by Crippen LogP contribution is -2.21. The average Bonchev–Trinajstić information content (AvgIpc) is 3.39. The molecule has 0 fully saturated rings. The van der Waals surface area contributed by atoms with Gasteiger partial charge in [-0.3, -0.25) is 0 Å². The molecule has 3 aromatic heterocycles. The predicted molar refractivity (Wildman–Crippen MR) is 105 cm³/mol. The van der Waals surface area contributed by atoms with E-state index < -0.39 is 24.6 Å². The summed E-state index contributed by atoms with van der Waals surface area (Å²) >= 11 is 12.4. The van der Waals surface area contributed by atoms with Crippen molar-refractivity contribution in [2.75, 3.05) is 13.2 Å². The number of halogens is 5. The van der Waals surface area contributed by atoms with Crippen molar-refractivity contribution in [1.82, 2.24) is 24.7 Å². The first-order valence-corrected chi connectivity index (χ1v) is 9.60. The van der Waals surface area contributed by atoms with Gasteiger partial charge in [0, 0.05) is 11.6 Å². The van der Waals surface area contributed by atoms with E-state index in [0.29, 0.717) is 5.56 Å². The molecule has 0 bridgehead atoms. The van der Waals surface area contributed by atoms with E-state index in [-0.39, 0.29) is 45.5 Å². The maximum Gasteiger partial charge on any atom is 0.435 e. The van der Waals surface area contributed by atoms with Crippen LogP contribution in [0.25, 0.3) is 28.6 Å². The van der Waals surface area contributed by atoms with Gasteiger partial charge in [-0.05, 0) is 18.2 Å². The van der Waals surface area contributed by atoms with Gasteiger partial charge in [0.05, 0.1) is 22.8 Å². The van der Waals surface area contributed by atoms with E-state index in [1.54, 1.807) is 0 Å². The molecule has 2 N–H and O–H groups in total. The van der Waals surface area contributed by atoms with Crippen molar-refractivity contribution < 1.29 is 32.6 Å². The molecule has 0 aliphatic carbocycles. The molecule has 0 unspecified atom stereocenters. The highest BCUT2D eigenvalue weighted by Gasteiger charge is 2.33. The Labute approximate surface area is 187 Å². The van der Waals surface area contributed by atoms with Crippen molar-refractivity contribution in [3.63, 3.8) is 0 Å². The number of ether oxygens (including phenoxy) is 1. The number of hydrogen-bond acceptors (Lipinski definition) is 8. The third-order valence-electron chi connectivity index (χ3n) is 4.16. The van der Waals surface area contributed by atoms with Crippen LogP contribution in [0, 0.1) is 0 Å². The maximum absolute atomic E-state index is 12.8. The largest absolute Gasteiger partial charge is 0.489 e. The maximum atomic E-state index is 12.8. The molecule has 4 rings (SSSR count). The van der Waals surface area contributed by atoms with Crippen LogP contribution in [0.15, 0.2) is 35.0 Å². The van der Waals surface area contributed by atoms with Crippen molar-refractivity contribution >= 4 is 28.8 Å². The number of benzene rings is 1. The topological polar surface area (TPSA) is 119 Å². The zero-order valence-corrected chi connectivity index (χ0v) is 17.2. The molecule has 1 atom stereocenters. The van der Waals surface area contributed by atoms with Crippen LogP contribution in [0.3, 0.4) is 0 Å². The number of aliphatic hydroxyl groups is 2. The van der Waals surface area contributed by atoms with E-state index in [4.69, 9.17) is 37.6 Å². The molecule has 168 valence electrons. The Kier molecular flexibility index (Phi) is 5.95. The van der Waals surface area contributed by atoms with E-state index in [0.717, 1.165) is 10.6 Å². The Morgan fingerprint density at radius 2 is 1.94 bits per heavy atom. The minimum atomic E-state index is -4.60. The number of rotatable bonds is 6. The fraction of sp³-hybridized carbons (Fsp3) is 0.222. The molecule has 9 nitrogen and oxygen atoms in total. The van der Waals surface area contributed by atoms with E-state index in [2.05, 4.69) is 20.2 Å². The van der Waals surface area contributed by atoms with Gasteiger partial charge < -0.3 is 19.5 Å². The Balaban J connectivity index is 1.62. The molecule has 0 saturated heterocycles. The Morgan fingerprint density at radius 1 is 1.16 bits per heavy atom. The molecule has 14 heteroatoms. The van der Waals surface area contributed by atoms with Gasteiger partial charge in [0.2, 0.25) is 5.82 Å². The zero-order chi connectivity index (χ0) is 23.0. The number of alkyl halides is 3. The first kappa shape index (κ1) is 22.3. The summed E-state index contributed by atoms with van der Waals surface area (Å²) in [5.74, 6) is 0.149. The quantitative estimate of drug-likeness (QED) is 0.422. The number of hydrogen-bond donors (Lipinski definition) is 2. The fourth-order valence-electron chi connectivity index (χ4n) is 2.62. The van der Waals surface area contributed by atoms with E-state index in [1.807, 2.05) is 0 Å². The zero-order valence-electron chi connectivity index (χ0n) is 15.7. The summed E-state index contributed by atoms with van der Waals surface area (Å²) in [6.45, 7) is -0.679. The highest BCUT2D eigenvalue weighted by molar-refractivity contribution is 6.36. The normalized spacial score (nSPS) is 13.0. The lowest BCUT2D eigenvalue weighted by Gasteiger charge is -2.12. The van der Waals surface area contributed by atoms with Crippen LogP contribution < -0.4 is 4.74 Å². The van der Waals surface area contributed by atoms with Gasteiger partial charge in [-0.25, -0.2) is 9.50 Å². The minimum Gasteiger partial charge on any atom is -0.489 e. The lowest BCUT2D eigenvalue weighted by molar-refractivity contribution is -0.141. The Bertz CT molecular complexity index is 1280. The van der Waals surface area contributed by atoms with Crippen molar-refractivity contribution in [2.24, 2.45) is 0 Å². The van der Waals surface area contributed by atoms with Gasteiger partial charge in [0.15, 0.2) is 11.3 Å². The van der Waals surface area contributed by atoms with Gasteiger partial charge in [0.1, 0.15) is 24.2 Å². The summed E-state index contributed by atoms with van der Waals surface area (Å²) in [5, 5.41) is 25.8. The van der Waals surface area contributed by atoms with Crippen molar-refractivity contribution in [2.45, 2.75) is 12.3 Å². The molecule has 1 aromatic carbocycles. The van der Waals surface area contributed by atoms with E-state index >= 15 is 0 Å². The molecule has 0 aliphatic rings. The highest BCUT2D eigenvalue weighted by Crippen LogP contribution is 2.36. The van der Waals surface area contributed by atoms with Crippen molar-refractivity contribution in [3.8, 4) is 28.7 Å². The molecular weight excluding hydrogens is 478 g/mol. The number of aliphatic hydroxyl groups excluding tert-OH is 2. The third kappa shape index (κ3) is 4.48. The van der Waals surface area contributed by atoms with Gasteiger partial charge in [-0.15, -0.1) is 0 Å². The number of nitrogens with zero attached hydrogens (tertiary/aromatic N) is 5. The molecule has 0 spiro atoms. The average molecular weight is 490 g/mol. The summed E-state index contributed by atoms with van der Waals surface area (Å²) in [5.41, 5.74) is -0.519. The Hall–Kier alpha value is -2.93. The molecule has 0 radical (unpaired) electrons. The predicted octanol–water partition coefficient (Wildman–Crippen LogP) is 3.50. The fourth-order valence-corrected chi connectivity index (χ4v) is 3.08.